The Morgan fingerprint density at radius 1 is 1.17 bits per heavy atom. The first-order valence-corrected chi connectivity index (χ1v) is 9.79. The molecule has 0 N–H and O–H groups in total. The van der Waals surface area contributed by atoms with E-state index in [-0.39, 0.29) is 24.2 Å². The van der Waals surface area contributed by atoms with Crippen LogP contribution in [-0.2, 0) is 4.79 Å². The predicted octanol–water partition coefficient (Wildman–Crippen LogP) is 2.59. The molecular formula is C21H22F2N4O3. The average Bonchev–Trinajstić information content (AvgIpc) is 3.33. The van der Waals surface area contributed by atoms with Gasteiger partial charge in [-0.15, -0.1) is 0 Å². The van der Waals surface area contributed by atoms with E-state index in [1.54, 1.807) is 17.2 Å². The van der Waals surface area contributed by atoms with E-state index in [2.05, 4.69) is 4.98 Å². The highest BCUT2D eigenvalue weighted by Gasteiger charge is 2.34. The Bertz CT molecular complexity index is 954. The second-order valence-electron chi connectivity index (χ2n) is 7.50. The Morgan fingerprint density at radius 3 is 2.73 bits per heavy atom. The van der Waals surface area contributed by atoms with Crippen LogP contribution in [0.4, 0.5) is 19.3 Å². The maximum Gasteiger partial charge on any atom is 0.325 e. The van der Waals surface area contributed by atoms with Crippen molar-refractivity contribution in [3.63, 3.8) is 0 Å². The number of aromatic nitrogens is 1. The largest absolute Gasteiger partial charge is 0.472 e. The fourth-order valence-corrected chi connectivity index (χ4v) is 3.63. The molecule has 158 valence electrons. The molecule has 2 aromatic rings. The second-order valence-corrected chi connectivity index (χ2v) is 7.50. The van der Waals surface area contributed by atoms with Crippen LogP contribution in [0, 0.1) is 18.6 Å². The SMILES string of the molecule is Cc1ccc(OC2CCN(C(=O)CN3CCN(c4ccc(F)c(F)c4)C3=O)C2)nc1. The Morgan fingerprint density at radius 2 is 2.00 bits per heavy atom. The zero-order chi connectivity index (χ0) is 21.3. The molecular weight excluding hydrogens is 394 g/mol. The Kier molecular flexibility index (Phi) is 5.52. The molecule has 2 saturated heterocycles. The summed E-state index contributed by atoms with van der Waals surface area (Å²) in [5.74, 6) is -1.62. The maximum atomic E-state index is 13.5. The summed E-state index contributed by atoms with van der Waals surface area (Å²) in [7, 11) is 0. The molecule has 1 unspecified atom stereocenters. The van der Waals surface area contributed by atoms with Gasteiger partial charge < -0.3 is 14.5 Å². The third-order valence-electron chi connectivity index (χ3n) is 5.31. The monoisotopic (exact) mass is 416 g/mol. The maximum absolute atomic E-state index is 13.5. The van der Waals surface area contributed by atoms with Crippen molar-refractivity contribution in [1.82, 2.24) is 14.8 Å². The van der Waals surface area contributed by atoms with Crippen LogP contribution in [0.25, 0.3) is 0 Å². The quantitative estimate of drug-likeness (QED) is 0.752. The van der Waals surface area contributed by atoms with E-state index < -0.39 is 17.7 Å². The van der Waals surface area contributed by atoms with E-state index in [4.69, 9.17) is 4.74 Å². The number of rotatable bonds is 5. The average molecular weight is 416 g/mol. The summed E-state index contributed by atoms with van der Waals surface area (Å²) < 4.78 is 32.5. The van der Waals surface area contributed by atoms with E-state index in [1.165, 1.54) is 15.9 Å². The minimum atomic E-state index is -1.01. The van der Waals surface area contributed by atoms with Crippen LogP contribution >= 0.6 is 0 Å². The lowest BCUT2D eigenvalue weighted by atomic mass is 10.3. The summed E-state index contributed by atoms with van der Waals surface area (Å²) in [6.45, 7) is 3.51. The van der Waals surface area contributed by atoms with Crippen LogP contribution in [-0.4, -0.2) is 65.5 Å². The first-order chi connectivity index (χ1) is 14.4. The van der Waals surface area contributed by atoms with Gasteiger partial charge in [0.15, 0.2) is 11.6 Å². The van der Waals surface area contributed by atoms with Crippen LogP contribution in [0.3, 0.4) is 0 Å². The molecule has 2 fully saturated rings. The number of halogens is 2. The van der Waals surface area contributed by atoms with Crippen LogP contribution in [0.1, 0.15) is 12.0 Å². The van der Waals surface area contributed by atoms with Crippen molar-refractivity contribution in [2.45, 2.75) is 19.4 Å². The number of hydrogen-bond donors (Lipinski definition) is 0. The van der Waals surface area contributed by atoms with Crippen molar-refractivity contribution < 1.29 is 23.1 Å². The molecule has 0 saturated carbocycles. The standard InChI is InChI=1S/C21H22F2N4O3/c1-14-2-5-19(24-11-14)30-16-6-7-25(12-16)20(28)13-26-8-9-27(21(26)29)15-3-4-17(22)18(23)10-15/h2-5,10-11,16H,6-9,12-13H2,1H3. The molecule has 7 nitrogen and oxygen atoms in total. The minimum Gasteiger partial charge on any atom is -0.472 e. The number of urea groups is 1. The third kappa shape index (κ3) is 4.19. The van der Waals surface area contributed by atoms with Gasteiger partial charge in [0.1, 0.15) is 12.6 Å². The Hall–Kier alpha value is -3.23. The molecule has 0 spiro atoms. The first kappa shape index (κ1) is 20.1. The summed E-state index contributed by atoms with van der Waals surface area (Å²) in [5.41, 5.74) is 1.31. The number of anilines is 1. The Balaban J connectivity index is 1.31. The van der Waals surface area contributed by atoms with Gasteiger partial charge in [-0.1, -0.05) is 6.07 Å². The minimum absolute atomic E-state index is 0.0610. The molecule has 0 bridgehead atoms. The van der Waals surface area contributed by atoms with E-state index in [9.17, 15) is 18.4 Å². The van der Waals surface area contributed by atoms with E-state index >= 15 is 0 Å². The van der Waals surface area contributed by atoms with Crippen molar-refractivity contribution in [3.05, 3.63) is 53.7 Å². The summed E-state index contributed by atoms with van der Waals surface area (Å²) >= 11 is 0. The second kappa shape index (κ2) is 8.25. The number of amides is 3. The number of aryl methyl sites for hydroxylation is 1. The van der Waals surface area contributed by atoms with Gasteiger partial charge in [-0.25, -0.2) is 18.6 Å². The van der Waals surface area contributed by atoms with Crippen LogP contribution in [0.2, 0.25) is 0 Å². The van der Waals surface area contributed by atoms with Gasteiger partial charge in [0, 0.05) is 50.1 Å². The fourth-order valence-electron chi connectivity index (χ4n) is 3.63. The highest BCUT2D eigenvalue weighted by Crippen LogP contribution is 2.23. The number of carbonyl (C=O) groups excluding carboxylic acids is 2. The van der Waals surface area contributed by atoms with Gasteiger partial charge in [-0.2, -0.15) is 0 Å². The number of nitrogens with zero attached hydrogens (tertiary/aromatic N) is 4. The molecule has 3 amide bonds. The summed E-state index contributed by atoms with van der Waals surface area (Å²) in [6, 6.07) is 6.64. The van der Waals surface area contributed by atoms with Crippen LogP contribution in [0.5, 0.6) is 5.88 Å². The number of pyridine rings is 1. The van der Waals surface area contributed by atoms with Crippen LogP contribution < -0.4 is 9.64 Å². The zero-order valence-electron chi connectivity index (χ0n) is 16.6. The molecule has 9 heteroatoms. The third-order valence-corrected chi connectivity index (χ3v) is 5.31. The highest BCUT2D eigenvalue weighted by molar-refractivity contribution is 5.96. The van der Waals surface area contributed by atoms with Gasteiger partial charge in [0.05, 0.1) is 6.54 Å². The lowest BCUT2D eigenvalue weighted by Crippen LogP contribution is -2.42. The number of hydrogen-bond acceptors (Lipinski definition) is 4. The lowest BCUT2D eigenvalue weighted by Gasteiger charge is -2.22. The number of ether oxygens (including phenoxy) is 1. The smallest absolute Gasteiger partial charge is 0.325 e. The molecule has 3 heterocycles. The molecule has 1 atom stereocenters. The summed E-state index contributed by atoms with van der Waals surface area (Å²) in [6.07, 6.45) is 2.28. The van der Waals surface area contributed by atoms with E-state index in [0.717, 1.165) is 17.7 Å². The number of benzene rings is 1. The van der Waals surface area contributed by atoms with Gasteiger partial charge in [0.25, 0.3) is 0 Å². The van der Waals surface area contributed by atoms with Crippen molar-refractivity contribution in [2.75, 3.05) is 37.6 Å². The summed E-state index contributed by atoms with van der Waals surface area (Å²) in [4.78, 5) is 33.9. The van der Waals surface area contributed by atoms with Gasteiger partial charge in [-0.3, -0.25) is 9.69 Å². The van der Waals surface area contributed by atoms with Gasteiger partial charge >= 0.3 is 6.03 Å². The topological polar surface area (TPSA) is 66.0 Å². The Labute approximate surface area is 172 Å². The highest BCUT2D eigenvalue weighted by atomic mass is 19.2. The summed E-state index contributed by atoms with van der Waals surface area (Å²) in [5, 5.41) is 0. The molecule has 1 aromatic heterocycles. The van der Waals surface area contributed by atoms with Crippen LogP contribution in [0.15, 0.2) is 36.5 Å². The van der Waals surface area contributed by atoms with E-state index in [1.807, 2.05) is 13.0 Å². The van der Waals surface area contributed by atoms with Crippen molar-refractivity contribution in [3.8, 4) is 5.88 Å². The predicted molar refractivity (Wildman–Crippen MR) is 105 cm³/mol. The zero-order valence-corrected chi connectivity index (χ0v) is 16.6. The molecule has 2 aliphatic rings. The van der Waals surface area contributed by atoms with Crippen molar-refractivity contribution in [2.24, 2.45) is 0 Å². The van der Waals surface area contributed by atoms with Gasteiger partial charge in [0.2, 0.25) is 11.8 Å². The molecule has 1 aromatic carbocycles. The van der Waals surface area contributed by atoms with Gasteiger partial charge in [-0.05, 0) is 24.6 Å². The molecule has 30 heavy (non-hydrogen) atoms. The molecule has 4 rings (SSSR count). The van der Waals surface area contributed by atoms with Crippen molar-refractivity contribution in [1.29, 1.82) is 0 Å². The molecule has 2 aliphatic heterocycles. The van der Waals surface area contributed by atoms with E-state index in [0.29, 0.717) is 38.5 Å². The lowest BCUT2D eigenvalue weighted by molar-refractivity contribution is -0.130. The van der Waals surface area contributed by atoms with Crippen molar-refractivity contribution >= 4 is 17.6 Å². The number of likely N-dealkylation sites (tertiary alicyclic amines) is 1. The number of carbonyl (C=O) groups is 2. The molecule has 0 aliphatic carbocycles. The first-order valence-electron chi connectivity index (χ1n) is 9.79. The molecule has 0 radical (unpaired) electrons. The normalized spacial score (nSPS) is 19.0. The fraction of sp³-hybridized carbons (Fsp3) is 0.381.